The van der Waals surface area contributed by atoms with E-state index in [0.717, 1.165) is 4.90 Å². The first-order valence-corrected chi connectivity index (χ1v) is 22.0. The van der Waals surface area contributed by atoms with Crippen LogP contribution in [0.4, 0.5) is 14.4 Å². The molecule has 4 heterocycles. The highest BCUT2D eigenvalue weighted by Crippen LogP contribution is 2.26. The van der Waals surface area contributed by atoms with Crippen molar-refractivity contribution in [1.82, 2.24) is 41.2 Å². The molecule has 0 unspecified atom stereocenters. The molecule has 23 nitrogen and oxygen atoms in total. The quantitative estimate of drug-likeness (QED) is 0.128. The van der Waals surface area contributed by atoms with Crippen LogP contribution in [0.15, 0.2) is 0 Å². The van der Waals surface area contributed by atoms with E-state index in [0.29, 0.717) is 43.8 Å². The number of carbonyl (C=O) groups excluding carboxylic acids is 5. The molecular weight excluding hydrogens is 813 g/mol. The van der Waals surface area contributed by atoms with E-state index in [2.05, 4.69) is 25.7 Å². The molecule has 25 heteroatoms. The van der Waals surface area contributed by atoms with Crippen LogP contribution in [0.5, 0.6) is 0 Å². The topological polar surface area (TPSA) is 292 Å². The second kappa shape index (κ2) is 19.2. The number of hydrogen-bond donors (Lipinski definition) is 6. The molecule has 4 rings (SSSR count). The highest BCUT2D eigenvalue weighted by molar-refractivity contribution is 7.81. The van der Waals surface area contributed by atoms with Gasteiger partial charge in [-0.1, -0.05) is 0 Å². The fourth-order valence-corrected chi connectivity index (χ4v) is 7.73. The van der Waals surface area contributed by atoms with Gasteiger partial charge in [0.1, 0.15) is 17.2 Å². The van der Waals surface area contributed by atoms with Crippen LogP contribution in [0.25, 0.3) is 0 Å². The number of carbonyl (C=O) groups is 5. The van der Waals surface area contributed by atoms with Gasteiger partial charge in [-0.05, 0) is 92.9 Å². The molecule has 0 aliphatic carbocycles. The van der Waals surface area contributed by atoms with Gasteiger partial charge in [-0.25, -0.2) is 14.4 Å². The Morgan fingerprint density at radius 1 is 0.672 bits per heavy atom. The first kappa shape index (κ1) is 47.1. The van der Waals surface area contributed by atoms with E-state index in [4.69, 9.17) is 18.3 Å². The van der Waals surface area contributed by atoms with Crippen LogP contribution in [0.2, 0.25) is 0 Å². The molecule has 4 aliphatic rings. The maximum Gasteiger partial charge on any atom is 0.418 e. The molecule has 0 saturated carbocycles. The number of amides is 6. The van der Waals surface area contributed by atoms with Crippen LogP contribution in [0.3, 0.4) is 0 Å². The van der Waals surface area contributed by atoms with Gasteiger partial charge in [-0.15, -0.1) is 4.28 Å². The molecule has 0 aromatic rings. The fraction of sp³-hybridized carbons (Fsp3) is 0.848. The van der Waals surface area contributed by atoms with Gasteiger partial charge in [0.25, 0.3) is 0 Å². The molecule has 4 aliphatic heterocycles. The first-order valence-electron chi connectivity index (χ1n) is 19.2. The van der Waals surface area contributed by atoms with Crippen molar-refractivity contribution >= 4 is 50.8 Å². The Bertz CT molecular complexity index is 1700. The van der Waals surface area contributed by atoms with Gasteiger partial charge < -0.3 is 40.1 Å². The van der Waals surface area contributed by atoms with Crippen molar-refractivity contribution in [3.8, 4) is 0 Å². The minimum absolute atomic E-state index is 0.0118. The van der Waals surface area contributed by atoms with Crippen molar-refractivity contribution in [3.63, 3.8) is 0 Å². The smallest absolute Gasteiger partial charge is 0.418 e. The van der Waals surface area contributed by atoms with Gasteiger partial charge in [-0.3, -0.25) is 18.7 Å². The van der Waals surface area contributed by atoms with Crippen LogP contribution in [-0.2, 0) is 48.4 Å². The zero-order chi connectivity index (χ0) is 43.2. The Balaban J connectivity index is 1.41. The largest absolute Gasteiger partial charge is 0.444 e. The summed E-state index contributed by atoms with van der Waals surface area (Å²) in [6.07, 6.45) is 0.883. The number of hydrogen-bond acceptors (Lipinski definition) is 15. The lowest BCUT2D eigenvalue weighted by atomic mass is 9.96. The van der Waals surface area contributed by atoms with Crippen LogP contribution < -0.4 is 21.4 Å². The van der Waals surface area contributed by atoms with Crippen LogP contribution >= 0.6 is 0 Å². The summed E-state index contributed by atoms with van der Waals surface area (Å²) in [5.41, 5.74) is 0.793. The van der Waals surface area contributed by atoms with Gasteiger partial charge in [0.2, 0.25) is 11.8 Å². The standard InChI is InChI=1S/C33H58N8O15S2/c1-32(2,3)53-30(45)38-15-11-21(12-16-38)35-27(42)25-9-8-24(19-34-25)41(56-58(50,51)52)29(44)40-20-23(37-55-57(47,48)49)7-10-26(40)28(43)36-22-13-17-39(18-14-22)31(46)54-33(4,5)6/h21-26,34,37H,7-20H2,1-6H3,(H,35,42)(H,36,43)(H,47,48,49)(H,50,51,52)/t23-,24-,25+,26+/m1/s1. The Kier molecular flexibility index (Phi) is 15.6. The molecule has 332 valence electrons. The van der Waals surface area contributed by atoms with E-state index in [1.807, 2.05) is 0 Å². The molecule has 6 N–H and O–H groups in total. The lowest BCUT2D eigenvalue weighted by Crippen LogP contribution is -2.64. The minimum atomic E-state index is -5.31. The monoisotopic (exact) mass is 870 g/mol. The van der Waals surface area contributed by atoms with Gasteiger partial charge in [-0.2, -0.15) is 31.7 Å². The number of nitrogens with zero attached hydrogens (tertiary/aromatic N) is 4. The van der Waals surface area contributed by atoms with E-state index in [9.17, 15) is 45.4 Å². The van der Waals surface area contributed by atoms with E-state index in [1.165, 1.54) is 4.90 Å². The number of nitrogens with one attached hydrogen (secondary N) is 4. The molecular formula is C33H58N8O15S2. The lowest BCUT2D eigenvalue weighted by molar-refractivity contribution is -0.131. The summed E-state index contributed by atoms with van der Waals surface area (Å²) in [7, 11) is -10.3. The Morgan fingerprint density at radius 2 is 1.17 bits per heavy atom. The second-order valence-electron chi connectivity index (χ2n) is 16.9. The molecule has 0 bridgehead atoms. The average molecular weight is 871 g/mol. The van der Waals surface area contributed by atoms with E-state index >= 15 is 0 Å². The molecule has 0 spiro atoms. The number of rotatable bonds is 10. The van der Waals surface area contributed by atoms with Gasteiger partial charge in [0.05, 0.1) is 18.1 Å². The van der Waals surface area contributed by atoms with E-state index < -0.39 is 92.9 Å². The Labute approximate surface area is 338 Å². The van der Waals surface area contributed by atoms with Gasteiger partial charge in [0, 0.05) is 51.4 Å². The predicted octanol–water partition coefficient (Wildman–Crippen LogP) is 0.452. The maximum absolute atomic E-state index is 14.2. The summed E-state index contributed by atoms with van der Waals surface area (Å²) in [6, 6.07) is -5.86. The van der Waals surface area contributed by atoms with Crippen LogP contribution in [0, 0.1) is 0 Å². The van der Waals surface area contributed by atoms with Gasteiger partial charge in [0.15, 0.2) is 0 Å². The fourth-order valence-electron chi connectivity index (χ4n) is 7.09. The SMILES string of the molecule is CC(C)(C)OC(=O)N1CCC(NC(=O)[C@@H]2CC[C@@H](N(OS(=O)(=O)O)C(=O)N3C[C@H](NOS(=O)(=O)O)CC[C@H]3C(=O)NC3CCN(C(=O)OC(C)(C)C)CC3)CN2)CC1. The molecule has 4 atom stereocenters. The number of urea groups is 1. The van der Waals surface area contributed by atoms with E-state index in [1.54, 1.807) is 46.4 Å². The zero-order valence-corrected chi connectivity index (χ0v) is 35.3. The summed E-state index contributed by atoms with van der Waals surface area (Å²) in [5.74, 6) is -0.972. The number of piperidine rings is 4. The molecule has 4 saturated heterocycles. The van der Waals surface area contributed by atoms with Crippen molar-refractivity contribution in [2.24, 2.45) is 0 Å². The summed E-state index contributed by atoms with van der Waals surface area (Å²) in [4.78, 5) is 70.2. The third-order valence-electron chi connectivity index (χ3n) is 9.84. The van der Waals surface area contributed by atoms with Crippen LogP contribution in [0.1, 0.15) is 92.9 Å². The molecule has 0 aromatic carbocycles. The highest BCUT2D eigenvalue weighted by Gasteiger charge is 2.44. The van der Waals surface area contributed by atoms with Crippen molar-refractivity contribution in [3.05, 3.63) is 0 Å². The lowest BCUT2D eigenvalue weighted by Gasteiger charge is -2.43. The zero-order valence-electron chi connectivity index (χ0n) is 33.7. The molecule has 0 radical (unpaired) electrons. The van der Waals surface area contributed by atoms with Crippen LogP contribution in [-0.4, -0.2) is 162 Å². The number of hydroxylamine groups is 3. The molecule has 58 heavy (non-hydrogen) atoms. The van der Waals surface area contributed by atoms with Gasteiger partial charge >= 0.3 is 39.0 Å². The molecule has 4 fully saturated rings. The third kappa shape index (κ3) is 14.9. The summed E-state index contributed by atoms with van der Waals surface area (Å²) < 4.78 is 85.4. The third-order valence-corrected chi connectivity index (χ3v) is 10.5. The summed E-state index contributed by atoms with van der Waals surface area (Å²) in [5, 5.41) is 9.22. The molecule has 6 amide bonds. The normalized spacial score (nSPS) is 24.4. The average Bonchev–Trinajstić information content (AvgIpc) is 3.11. The number of likely N-dealkylation sites (tertiary alicyclic amines) is 3. The first-order chi connectivity index (χ1) is 26.8. The minimum Gasteiger partial charge on any atom is -0.444 e. The van der Waals surface area contributed by atoms with Crippen molar-refractivity contribution in [2.75, 3.05) is 39.3 Å². The van der Waals surface area contributed by atoms with Crippen molar-refractivity contribution in [2.45, 2.75) is 140 Å². The predicted molar refractivity (Wildman–Crippen MR) is 202 cm³/mol. The van der Waals surface area contributed by atoms with Crippen molar-refractivity contribution < 1.29 is 68.0 Å². The van der Waals surface area contributed by atoms with E-state index in [-0.39, 0.29) is 57.3 Å². The maximum atomic E-state index is 14.2. The second-order valence-corrected chi connectivity index (χ2v) is 18.9. The molecule has 0 aromatic heterocycles. The number of ether oxygens (including phenoxy) is 2. The summed E-state index contributed by atoms with van der Waals surface area (Å²) in [6.45, 7) is 11.3. The Morgan fingerprint density at radius 3 is 1.60 bits per heavy atom. The summed E-state index contributed by atoms with van der Waals surface area (Å²) >= 11 is 0. The Hall–Kier alpha value is -3.59. The highest BCUT2D eigenvalue weighted by atomic mass is 32.3. The van der Waals surface area contributed by atoms with Crippen molar-refractivity contribution in [1.29, 1.82) is 0 Å².